The molecule has 2 amide bonds. The lowest BCUT2D eigenvalue weighted by Crippen LogP contribution is -2.37. The zero-order valence-corrected chi connectivity index (χ0v) is 22.0. The Hall–Kier alpha value is -3.87. The number of carbonyl (C=O) groups excluding carboxylic acids is 2. The first-order chi connectivity index (χ1) is 18.8. The number of fused-ring (bicyclic) bond motifs is 1. The van der Waals surface area contributed by atoms with Crippen LogP contribution in [0, 0.1) is 0 Å². The average Bonchev–Trinajstić information content (AvgIpc) is 3.57. The topological polar surface area (TPSA) is 109 Å². The highest BCUT2D eigenvalue weighted by Gasteiger charge is 2.28. The summed E-state index contributed by atoms with van der Waals surface area (Å²) in [6.45, 7) is 3.20. The van der Waals surface area contributed by atoms with Crippen molar-refractivity contribution in [1.82, 2.24) is 29.3 Å². The lowest BCUT2D eigenvalue weighted by molar-refractivity contribution is -0.135. The summed E-state index contributed by atoms with van der Waals surface area (Å²) in [5, 5.41) is 3.39. The van der Waals surface area contributed by atoms with Crippen LogP contribution in [-0.2, 0) is 14.3 Å². The number of morpholine rings is 1. The van der Waals surface area contributed by atoms with Crippen molar-refractivity contribution in [1.29, 1.82) is 0 Å². The Morgan fingerprint density at radius 2 is 1.87 bits per heavy atom. The van der Waals surface area contributed by atoms with E-state index in [2.05, 4.69) is 15.3 Å². The molecule has 1 N–H and O–H groups in total. The van der Waals surface area contributed by atoms with Gasteiger partial charge in [-0.05, 0) is 18.6 Å². The summed E-state index contributed by atoms with van der Waals surface area (Å²) in [7, 11) is 3.33. The van der Waals surface area contributed by atoms with E-state index in [-0.39, 0.29) is 36.5 Å². The van der Waals surface area contributed by atoms with E-state index in [4.69, 9.17) is 9.72 Å². The quantitative estimate of drug-likeness (QED) is 0.463. The van der Waals surface area contributed by atoms with E-state index < -0.39 is 12.2 Å². The maximum atomic E-state index is 14.1. The van der Waals surface area contributed by atoms with Crippen molar-refractivity contribution in [2.45, 2.75) is 31.7 Å². The number of alkyl halides is 2. The molecule has 2 saturated heterocycles. The van der Waals surface area contributed by atoms with Crippen LogP contribution >= 0.6 is 0 Å². The predicted molar refractivity (Wildman–Crippen MR) is 141 cm³/mol. The second-order valence-electron chi connectivity index (χ2n) is 9.86. The first-order valence-corrected chi connectivity index (χ1v) is 13.0. The third-order valence-corrected chi connectivity index (χ3v) is 6.95. The largest absolute Gasteiger partial charge is 0.378 e. The number of para-hydroxylation sites is 2. The predicted octanol–water partition coefficient (Wildman–Crippen LogP) is 2.47. The summed E-state index contributed by atoms with van der Waals surface area (Å²) in [6.07, 6.45) is -1.78. The monoisotopic (exact) mass is 542 g/mol. The second kappa shape index (κ2) is 11.5. The van der Waals surface area contributed by atoms with Gasteiger partial charge in [-0.2, -0.15) is 9.97 Å². The molecule has 2 aliphatic heterocycles. The zero-order valence-electron chi connectivity index (χ0n) is 22.0. The van der Waals surface area contributed by atoms with Gasteiger partial charge in [-0.25, -0.2) is 13.8 Å². The number of benzene rings is 1. The molecule has 1 atom stereocenters. The van der Waals surface area contributed by atoms with Crippen LogP contribution in [-0.4, -0.2) is 101 Å². The van der Waals surface area contributed by atoms with Crippen molar-refractivity contribution >= 4 is 34.6 Å². The van der Waals surface area contributed by atoms with Crippen LogP contribution in [0.15, 0.2) is 30.3 Å². The number of nitrogens with one attached hydrogen (secondary N) is 1. The molecule has 5 rings (SSSR count). The summed E-state index contributed by atoms with van der Waals surface area (Å²) < 4.78 is 35.0. The van der Waals surface area contributed by atoms with Crippen molar-refractivity contribution in [3.63, 3.8) is 0 Å². The number of aromatic nitrogens is 4. The van der Waals surface area contributed by atoms with Crippen LogP contribution in [0.5, 0.6) is 0 Å². The second-order valence-corrected chi connectivity index (χ2v) is 9.86. The molecule has 0 saturated carbocycles. The van der Waals surface area contributed by atoms with Gasteiger partial charge >= 0.3 is 0 Å². The molecule has 39 heavy (non-hydrogen) atoms. The molecule has 208 valence electrons. The Labute approximate surface area is 224 Å². The van der Waals surface area contributed by atoms with Crippen molar-refractivity contribution in [2.75, 3.05) is 63.7 Å². The summed E-state index contributed by atoms with van der Waals surface area (Å²) >= 11 is 0. The smallest absolute Gasteiger partial charge is 0.296 e. The summed E-state index contributed by atoms with van der Waals surface area (Å²) in [4.78, 5) is 43.3. The molecule has 4 heterocycles. The maximum Gasteiger partial charge on any atom is 0.296 e. The van der Waals surface area contributed by atoms with Crippen LogP contribution in [0.25, 0.3) is 16.9 Å². The molecule has 11 nitrogen and oxygen atoms in total. The van der Waals surface area contributed by atoms with Crippen LogP contribution in [0.1, 0.15) is 31.5 Å². The van der Waals surface area contributed by atoms with Crippen LogP contribution in [0.2, 0.25) is 0 Å². The van der Waals surface area contributed by atoms with Crippen molar-refractivity contribution in [2.24, 2.45) is 0 Å². The number of rotatable bonds is 8. The van der Waals surface area contributed by atoms with E-state index in [9.17, 15) is 18.4 Å². The van der Waals surface area contributed by atoms with E-state index in [1.807, 2.05) is 4.90 Å². The molecule has 0 spiro atoms. The van der Waals surface area contributed by atoms with Gasteiger partial charge in [0.25, 0.3) is 6.43 Å². The Balaban J connectivity index is 1.41. The number of likely N-dealkylation sites (tertiary alicyclic amines) is 1. The minimum atomic E-state index is -2.80. The normalized spacial score (nSPS) is 17.7. The fourth-order valence-electron chi connectivity index (χ4n) is 4.86. The molecule has 3 aromatic rings. The Morgan fingerprint density at radius 3 is 2.62 bits per heavy atom. The first-order valence-electron chi connectivity index (χ1n) is 13.0. The van der Waals surface area contributed by atoms with Gasteiger partial charge in [0.2, 0.25) is 17.8 Å². The van der Waals surface area contributed by atoms with Crippen LogP contribution in [0.3, 0.4) is 0 Å². The van der Waals surface area contributed by atoms with E-state index in [1.165, 1.54) is 9.47 Å². The van der Waals surface area contributed by atoms with E-state index >= 15 is 0 Å². The molecule has 2 aromatic heterocycles. The molecule has 0 unspecified atom stereocenters. The summed E-state index contributed by atoms with van der Waals surface area (Å²) in [5.41, 5.74) is 0.974. The fourth-order valence-corrected chi connectivity index (χ4v) is 4.86. The van der Waals surface area contributed by atoms with Gasteiger partial charge in [0.1, 0.15) is 11.6 Å². The van der Waals surface area contributed by atoms with Gasteiger partial charge in [-0.1, -0.05) is 12.1 Å². The van der Waals surface area contributed by atoms with Crippen molar-refractivity contribution in [3.8, 4) is 5.82 Å². The first kappa shape index (κ1) is 26.7. The minimum absolute atomic E-state index is 0.0710. The Kier molecular flexibility index (Phi) is 7.87. The van der Waals surface area contributed by atoms with E-state index in [0.717, 1.165) is 0 Å². The highest BCUT2D eigenvalue weighted by Crippen LogP contribution is 2.29. The summed E-state index contributed by atoms with van der Waals surface area (Å²) in [6, 6.07) is 8.51. The number of hydrogen-bond acceptors (Lipinski definition) is 8. The Morgan fingerprint density at radius 1 is 1.10 bits per heavy atom. The standard InChI is InChI=1S/C26H32F2N8O3/c1-33(2)22(37)7-8-23(38)35-10-9-17(16-35)29-20-15-21(32-26(31-20)34-11-13-39-14-12-34)36-19-6-4-3-5-18(19)30-25(36)24(27)28/h3-6,15,17,24H,7-14,16H2,1-2H3,(H,29,31,32)/t17-/m0/s1. The van der Waals surface area contributed by atoms with Gasteiger partial charge in [-0.15, -0.1) is 0 Å². The summed E-state index contributed by atoms with van der Waals surface area (Å²) in [5.74, 6) is 0.616. The lowest BCUT2D eigenvalue weighted by Gasteiger charge is -2.28. The van der Waals surface area contributed by atoms with Gasteiger partial charge in [0.05, 0.1) is 24.2 Å². The highest BCUT2D eigenvalue weighted by molar-refractivity contribution is 5.84. The molecular weight excluding hydrogens is 510 g/mol. The SMILES string of the molecule is CN(C)C(=O)CCC(=O)N1CC[C@H](Nc2cc(-n3c(C(F)F)nc4ccccc43)nc(N3CCOCC3)n2)C1. The average molecular weight is 543 g/mol. The van der Waals surface area contributed by atoms with Crippen LogP contribution < -0.4 is 10.2 Å². The fraction of sp³-hybridized carbons (Fsp3) is 0.500. The van der Waals surface area contributed by atoms with Gasteiger partial charge in [0, 0.05) is 65.2 Å². The number of nitrogens with zero attached hydrogens (tertiary/aromatic N) is 7. The van der Waals surface area contributed by atoms with E-state index in [1.54, 1.807) is 49.3 Å². The number of anilines is 2. The van der Waals surface area contributed by atoms with Crippen LogP contribution in [0.4, 0.5) is 20.5 Å². The minimum Gasteiger partial charge on any atom is -0.378 e. The number of hydrogen-bond donors (Lipinski definition) is 1. The molecule has 0 radical (unpaired) electrons. The van der Waals surface area contributed by atoms with Crippen molar-refractivity contribution in [3.05, 3.63) is 36.2 Å². The maximum absolute atomic E-state index is 14.1. The lowest BCUT2D eigenvalue weighted by atomic mass is 10.2. The Bertz CT molecular complexity index is 1340. The molecule has 1 aromatic carbocycles. The van der Waals surface area contributed by atoms with Gasteiger partial charge < -0.3 is 24.8 Å². The number of ether oxygens (including phenoxy) is 1. The van der Waals surface area contributed by atoms with Gasteiger partial charge in [0.15, 0.2) is 5.82 Å². The number of carbonyl (C=O) groups is 2. The molecule has 0 bridgehead atoms. The number of halogens is 2. The zero-order chi connectivity index (χ0) is 27.5. The third-order valence-electron chi connectivity index (χ3n) is 6.95. The number of imidazole rings is 1. The molecule has 0 aliphatic carbocycles. The molecule has 13 heteroatoms. The highest BCUT2D eigenvalue weighted by atomic mass is 19.3. The molecule has 2 fully saturated rings. The molecule has 2 aliphatic rings. The number of amides is 2. The molecular formula is C26H32F2N8O3. The van der Waals surface area contributed by atoms with Gasteiger partial charge in [-0.3, -0.25) is 14.2 Å². The third kappa shape index (κ3) is 5.92. The van der Waals surface area contributed by atoms with E-state index in [0.29, 0.717) is 68.6 Å². The van der Waals surface area contributed by atoms with Crippen molar-refractivity contribution < 1.29 is 23.1 Å².